The molecule has 0 amide bonds. The highest BCUT2D eigenvalue weighted by Crippen LogP contribution is 2.24. The van der Waals surface area contributed by atoms with Crippen LogP contribution in [0.25, 0.3) is 0 Å². The van der Waals surface area contributed by atoms with Crippen molar-refractivity contribution in [1.29, 1.82) is 0 Å². The first kappa shape index (κ1) is 8.87. The van der Waals surface area contributed by atoms with Crippen molar-refractivity contribution in [3.05, 3.63) is 24.3 Å². The topological polar surface area (TPSA) is 43.7 Å². The Labute approximate surface area is 71.8 Å². The second-order valence-corrected chi connectivity index (χ2v) is 2.61. The lowest BCUT2D eigenvalue weighted by Gasteiger charge is -2.16. The number of rotatable bonds is 3. The van der Waals surface area contributed by atoms with Gasteiger partial charge in [-0.3, -0.25) is 10.3 Å². The van der Waals surface area contributed by atoms with Gasteiger partial charge in [-0.05, 0) is 18.6 Å². The molecule has 0 fully saturated rings. The number of aromatic hydroxyl groups is 1. The van der Waals surface area contributed by atoms with Crippen molar-refractivity contribution in [2.45, 2.75) is 13.3 Å². The Bertz CT molecular complexity index is 250. The van der Waals surface area contributed by atoms with E-state index in [2.05, 4.69) is 0 Å². The number of benzene rings is 1. The molecule has 0 unspecified atom stereocenters. The number of nitrogens with zero attached hydrogens (tertiary/aromatic N) is 1. The maximum absolute atomic E-state index is 9.37. The van der Waals surface area contributed by atoms with E-state index in [0.29, 0.717) is 12.2 Å². The van der Waals surface area contributed by atoms with Crippen LogP contribution in [0.4, 0.5) is 5.69 Å². The lowest BCUT2D eigenvalue weighted by atomic mass is 10.3. The van der Waals surface area contributed by atoms with Gasteiger partial charge in [-0.25, -0.2) is 0 Å². The van der Waals surface area contributed by atoms with Crippen molar-refractivity contribution in [3.8, 4) is 5.75 Å². The van der Waals surface area contributed by atoms with Crippen LogP contribution in [0.5, 0.6) is 5.75 Å². The lowest BCUT2D eigenvalue weighted by molar-refractivity contribution is 0.250. The summed E-state index contributed by atoms with van der Waals surface area (Å²) in [7, 11) is 0. The van der Waals surface area contributed by atoms with Gasteiger partial charge in [0.2, 0.25) is 0 Å². The zero-order valence-electron chi connectivity index (χ0n) is 7.07. The molecule has 0 aliphatic heterocycles. The SMILES string of the molecule is CCCN(O)c1ccccc1O. The molecule has 0 aliphatic rings. The van der Waals surface area contributed by atoms with Gasteiger partial charge in [0.1, 0.15) is 11.4 Å². The number of para-hydroxylation sites is 2. The Morgan fingerprint density at radius 1 is 1.33 bits per heavy atom. The lowest BCUT2D eigenvalue weighted by Crippen LogP contribution is -2.18. The summed E-state index contributed by atoms with van der Waals surface area (Å²) in [5.41, 5.74) is 0.458. The summed E-state index contributed by atoms with van der Waals surface area (Å²) in [5.74, 6) is 0.105. The Balaban J connectivity index is 2.79. The molecule has 0 heterocycles. The summed E-state index contributed by atoms with van der Waals surface area (Å²) >= 11 is 0. The first-order chi connectivity index (χ1) is 5.75. The summed E-state index contributed by atoms with van der Waals surface area (Å²) in [5, 5.41) is 19.7. The number of hydroxylamine groups is 1. The van der Waals surface area contributed by atoms with Gasteiger partial charge in [-0.1, -0.05) is 19.1 Å². The third kappa shape index (κ3) is 1.89. The Morgan fingerprint density at radius 2 is 2.00 bits per heavy atom. The quantitative estimate of drug-likeness (QED) is 0.677. The molecule has 0 bridgehead atoms. The molecule has 3 nitrogen and oxygen atoms in total. The number of hydrogen-bond donors (Lipinski definition) is 2. The van der Waals surface area contributed by atoms with E-state index in [1.807, 2.05) is 6.92 Å². The van der Waals surface area contributed by atoms with Gasteiger partial charge in [-0.15, -0.1) is 0 Å². The standard InChI is InChI=1S/C9H13NO2/c1-2-7-10(12)8-5-3-4-6-9(8)11/h3-6,11-12H,2,7H2,1H3. The van der Waals surface area contributed by atoms with Crippen LogP contribution >= 0.6 is 0 Å². The molecule has 66 valence electrons. The molecule has 0 spiro atoms. The smallest absolute Gasteiger partial charge is 0.141 e. The first-order valence-electron chi connectivity index (χ1n) is 4.00. The van der Waals surface area contributed by atoms with E-state index < -0.39 is 0 Å². The average Bonchev–Trinajstić information content (AvgIpc) is 2.05. The maximum Gasteiger partial charge on any atom is 0.141 e. The number of anilines is 1. The van der Waals surface area contributed by atoms with Crippen LogP contribution in [0, 0.1) is 0 Å². The molecule has 2 N–H and O–H groups in total. The molecular formula is C9H13NO2. The highest BCUT2D eigenvalue weighted by molar-refractivity contribution is 5.55. The fourth-order valence-corrected chi connectivity index (χ4v) is 1.01. The van der Waals surface area contributed by atoms with Gasteiger partial charge in [0.15, 0.2) is 0 Å². The Morgan fingerprint density at radius 3 is 2.58 bits per heavy atom. The molecule has 0 aromatic heterocycles. The van der Waals surface area contributed by atoms with Crippen molar-refractivity contribution in [1.82, 2.24) is 0 Å². The number of hydrogen-bond acceptors (Lipinski definition) is 3. The number of phenolic OH excluding ortho intramolecular Hbond substituents is 1. The van der Waals surface area contributed by atoms with E-state index >= 15 is 0 Å². The Kier molecular flexibility index (Phi) is 2.94. The van der Waals surface area contributed by atoms with E-state index in [-0.39, 0.29) is 5.75 Å². The molecule has 12 heavy (non-hydrogen) atoms. The summed E-state index contributed by atoms with van der Waals surface area (Å²) in [4.78, 5) is 0. The molecule has 0 saturated carbocycles. The van der Waals surface area contributed by atoms with E-state index in [9.17, 15) is 10.3 Å². The van der Waals surface area contributed by atoms with Crippen molar-refractivity contribution < 1.29 is 10.3 Å². The fraction of sp³-hybridized carbons (Fsp3) is 0.333. The summed E-state index contributed by atoms with van der Waals surface area (Å²) in [6, 6.07) is 6.71. The zero-order chi connectivity index (χ0) is 8.97. The molecule has 0 radical (unpaired) electrons. The van der Waals surface area contributed by atoms with E-state index in [0.717, 1.165) is 11.5 Å². The third-order valence-corrected chi connectivity index (χ3v) is 1.60. The van der Waals surface area contributed by atoms with Crippen LogP contribution in [0.1, 0.15) is 13.3 Å². The predicted octanol–water partition coefficient (Wildman–Crippen LogP) is 2.00. The zero-order valence-corrected chi connectivity index (χ0v) is 7.07. The van der Waals surface area contributed by atoms with Gasteiger partial charge in [0, 0.05) is 6.54 Å². The van der Waals surface area contributed by atoms with Crippen molar-refractivity contribution >= 4 is 5.69 Å². The highest BCUT2D eigenvalue weighted by Gasteiger charge is 2.05. The predicted molar refractivity (Wildman–Crippen MR) is 47.5 cm³/mol. The molecule has 0 atom stereocenters. The van der Waals surface area contributed by atoms with Crippen LogP contribution in [0.15, 0.2) is 24.3 Å². The summed E-state index contributed by atoms with van der Waals surface area (Å²) in [6.07, 6.45) is 0.838. The molecule has 1 aromatic rings. The maximum atomic E-state index is 9.37. The second-order valence-electron chi connectivity index (χ2n) is 2.61. The van der Waals surface area contributed by atoms with Crippen molar-refractivity contribution in [2.24, 2.45) is 0 Å². The first-order valence-corrected chi connectivity index (χ1v) is 4.00. The molecule has 0 saturated heterocycles. The van der Waals surface area contributed by atoms with Gasteiger partial charge < -0.3 is 5.11 Å². The minimum atomic E-state index is 0.105. The van der Waals surface area contributed by atoms with Crippen LogP contribution in [-0.4, -0.2) is 16.9 Å². The average molecular weight is 167 g/mol. The van der Waals surface area contributed by atoms with Crippen molar-refractivity contribution in [2.75, 3.05) is 11.6 Å². The fourth-order valence-electron chi connectivity index (χ4n) is 1.01. The minimum absolute atomic E-state index is 0.105. The molecule has 3 heteroatoms. The second kappa shape index (κ2) is 3.97. The van der Waals surface area contributed by atoms with Gasteiger partial charge in [0.05, 0.1) is 0 Å². The van der Waals surface area contributed by atoms with Crippen LogP contribution in [0.3, 0.4) is 0 Å². The van der Waals surface area contributed by atoms with Crippen LogP contribution in [0.2, 0.25) is 0 Å². The number of phenols is 1. The largest absolute Gasteiger partial charge is 0.506 e. The molecule has 0 aliphatic carbocycles. The van der Waals surface area contributed by atoms with E-state index in [1.165, 1.54) is 0 Å². The van der Waals surface area contributed by atoms with Gasteiger partial charge in [0.25, 0.3) is 0 Å². The molecular weight excluding hydrogens is 154 g/mol. The van der Waals surface area contributed by atoms with Gasteiger partial charge >= 0.3 is 0 Å². The molecule has 1 rings (SSSR count). The van der Waals surface area contributed by atoms with Crippen LogP contribution in [-0.2, 0) is 0 Å². The Hall–Kier alpha value is -1.22. The third-order valence-electron chi connectivity index (χ3n) is 1.60. The minimum Gasteiger partial charge on any atom is -0.506 e. The van der Waals surface area contributed by atoms with E-state index in [4.69, 9.17) is 0 Å². The summed E-state index contributed by atoms with van der Waals surface area (Å²) in [6.45, 7) is 2.49. The van der Waals surface area contributed by atoms with Gasteiger partial charge in [-0.2, -0.15) is 0 Å². The van der Waals surface area contributed by atoms with E-state index in [1.54, 1.807) is 24.3 Å². The van der Waals surface area contributed by atoms with Crippen molar-refractivity contribution in [3.63, 3.8) is 0 Å². The summed E-state index contributed by atoms with van der Waals surface area (Å²) < 4.78 is 0. The monoisotopic (exact) mass is 167 g/mol. The normalized spacial score (nSPS) is 9.83. The highest BCUT2D eigenvalue weighted by atomic mass is 16.5. The van der Waals surface area contributed by atoms with Crippen LogP contribution < -0.4 is 5.06 Å². The molecule has 1 aromatic carbocycles.